The number of rotatable bonds is 7. The fraction of sp³-hybridized carbons (Fsp3) is 0.167. The largest absolute Gasteiger partial charge is 0.497 e. The van der Waals surface area contributed by atoms with Gasteiger partial charge in [-0.3, -0.25) is 4.79 Å². The molecule has 1 aliphatic heterocycles. The van der Waals surface area contributed by atoms with Gasteiger partial charge in [-0.25, -0.2) is 0 Å². The Bertz CT molecular complexity index is 1260. The summed E-state index contributed by atoms with van der Waals surface area (Å²) in [5.74, 6) is 1.63. The van der Waals surface area contributed by atoms with E-state index < -0.39 is 4.75 Å². The van der Waals surface area contributed by atoms with Crippen LogP contribution in [0.5, 0.6) is 5.75 Å². The second kappa shape index (κ2) is 9.40. The van der Waals surface area contributed by atoms with E-state index in [2.05, 4.69) is 67.6 Å². The molecule has 4 aromatic rings. The lowest BCUT2D eigenvalue weighted by Crippen LogP contribution is -2.65. The first-order valence-corrected chi connectivity index (χ1v) is 12.4. The zero-order valence-electron chi connectivity index (χ0n) is 19.3. The number of methoxy groups -OCH3 is 1. The summed E-state index contributed by atoms with van der Waals surface area (Å²) in [6.07, 6.45) is 0. The third-order valence-corrected chi connectivity index (χ3v) is 8.00. The van der Waals surface area contributed by atoms with Crippen LogP contribution in [0.25, 0.3) is 0 Å². The van der Waals surface area contributed by atoms with Gasteiger partial charge in [-0.1, -0.05) is 90.5 Å². The number of hydrogen-bond donors (Lipinski definition) is 0. The molecule has 1 heterocycles. The minimum atomic E-state index is -0.717. The van der Waals surface area contributed by atoms with Gasteiger partial charge in [-0.15, -0.1) is 11.8 Å². The van der Waals surface area contributed by atoms with Gasteiger partial charge in [0.1, 0.15) is 10.5 Å². The predicted molar refractivity (Wildman–Crippen MR) is 140 cm³/mol. The molecule has 0 N–H and O–H groups in total. The Kier molecular flexibility index (Phi) is 6.16. The molecule has 0 spiro atoms. The van der Waals surface area contributed by atoms with E-state index in [1.807, 2.05) is 53.4 Å². The van der Waals surface area contributed by atoms with Crippen LogP contribution >= 0.6 is 11.8 Å². The highest BCUT2D eigenvalue weighted by molar-refractivity contribution is 8.00. The maximum Gasteiger partial charge on any atom is 0.250 e. The highest BCUT2D eigenvalue weighted by atomic mass is 32.2. The summed E-state index contributed by atoms with van der Waals surface area (Å²) in [5.41, 5.74) is 5.44. The number of hydrogen-bond acceptors (Lipinski definition) is 3. The van der Waals surface area contributed by atoms with Crippen molar-refractivity contribution in [3.8, 4) is 5.75 Å². The van der Waals surface area contributed by atoms with Crippen molar-refractivity contribution in [2.75, 3.05) is 12.0 Å². The van der Waals surface area contributed by atoms with E-state index in [1.165, 1.54) is 11.1 Å². The molecule has 0 radical (unpaired) electrons. The van der Waals surface area contributed by atoms with Gasteiger partial charge < -0.3 is 9.64 Å². The van der Waals surface area contributed by atoms with E-state index >= 15 is 0 Å². The van der Waals surface area contributed by atoms with Crippen molar-refractivity contribution in [1.82, 2.24) is 0 Å². The van der Waals surface area contributed by atoms with Crippen LogP contribution in [0.15, 0.2) is 109 Å². The first-order valence-electron chi connectivity index (χ1n) is 11.4. The van der Waals surface area contributed by atoms with Crippen LogP contribution < -0.4 is 9.64 Å². The van der Waals surface area contributed by atoms with Gasteiger partial charge in [0.15, 0.2) is 0 Å². The third-order valence-electron chi connectivity index (χ3n) is 6.44. The van der Waals surface area contributed by atoms with Crippen molar-refractivity contribution in [2.45, 2.75) is 23.5 Å². The van der Waals surface area contributed by atoms with E-state index in [1.54, 1.807) is 18.9 Å². The van der Waals surface area contributed by atoms with Crippen LogP contribution in [0.2, 0.25) is 0 Å². The summed E-state index contributed by atoms with van der Waals surface area (Å²) in [6, 6.07) is 36.8. The fourth-order valence-electron chi connectivity index (χ4n) is 4.63. The standard InChI is InChI=1S/C30H27NO2S/c1-22-13-15-25(16-14-22)30(34-21-23-9-5-3-6-10-23)28(24-11-7-4-8-12-24)31(29(30)32)26-17-19-27(33-2)20-18-26/h3-20,28H,21H2,1-2H3/t28-,30-/m1/s1. The van der Waals surface area contributed by atoms with E-state index in [0.29, 0.717) is 0 Å². The summed E-state index contributed by atoms with van der Waals surface area (Å²) in [6.45, 7) is 2.08. The van der Waals surface area contributed by atoms with Crippen LogP contribution in [0.1, 0.15) is 28.3 Å². The van der Waals surface area contributed by atoms with Gasteiger partial charge in [-0.2, -0.15) is 0 Å². The summed E-state index contributed by atoms with van der Waals surface area (Å²) >= 11 is 1.72. The number of benzene rings is 4. The number of carbonyl (C=O) groups is 1. The first-order chi connectivity index (χ1) is 16.6. The van der Waals surface area contributed by atoms with Crippen molar-refractivity contribution in [2.24, 2.45) is 0 Å². The molecule has 5 rings (SSSR count). The van der Waals surface area contributed by atoms with E-state index in [0.717, 1.165) is 28.3 Å². The number of thioether (sulfide) groups is 1. The lowest BCUT2D eigenvalue weighted by atomic mass is 9.76. The molecule has 0 aromatic heterocycles. The van der Waals surface area contributed by atoms with Gasteiger partial charge in [0.2, 0.25) is 0 Å². The number of ether oxygens (including phenoxy) is 1. The van der Waals surface area contributed by atoms with Gasteiger partial charge in [0, 0.05) is 11.4 Å². The maximum atomic E-state index is 14.2. The van der Waals surface area contributed by atoms with Crippen molar-refractivity contribution >= 4 is 23.4 Å². The molecule has 0 bridgehead atoms. The Labute approximate surface area is 205 Å². The second-order valence-corrected chi connectivity index (χ2v) is 9.78. The number of anilines is 1. The maximum absolute atomic E-state index is 14.2. The van der Waals surface area contributed by atoms with E-state index in [-0.39, 0.29) is 11.9 Å². The zero-order chi connectivity index (χ0) is 23.5. The molecule has 2 atom stereocenters. The van der Waals surface area contributed by atoms with E-state index in [9.17, 15) is 4.79 Å². The molecule has 4 heteroatoms. The van der Waals surface area contributed by atoms with Crippen LogP contribution in [0.4, 0.5) is 5.69 Å². The normalized spacial score (nSPS) is 19.5. The minimum Gasteiger partial charge on any atom is -0.497 e. The summed E-state index contributed by atoms with van der Waals surface area (Å²) in [5, 5.41) is 0. The molecule has 1 amide bonds. The van der Waals surface area contributed by atoms with Crippen molar-refractivity contribution < 1.29 is 9.53 Å². The summed E-state index contributed by atoms with van der Waals surface area (Å²) in [7, 11) is 1.65. The average Bonchev–Trinajstić information content (AvgIpc) is 2.89. The molecule has 1 fully saturated rings. The smallest absolute Gasteiger partial charge is 0.250 e. The SMILES string of the molecule is COc1ccc(N2C(=O)[C@@](SCc3ccccc3)(c3ccc(C)cc3)[C@H]2c2ccccc2)cc1. The second-order valence-electron chi connectivity index (χ2n) is 8.56. The Balaban J connectivity index is 1.63. The Hall–Kier alpha value is -3.50. The third kappa shape index (κ3) is 3.88. The Morgan fingerprint density at radius 2 is 1.44 bits per heavy atom. The minimum absolute atomic E-state index is 0.108. The molecule has 3 nitrogen and oxygen atoms in total. The number of β-lactam (4-membered cyclic amide) rings is 1. The summed E-state index contributed by atoms with van der Waals surface area (Å²) < 4.78 is 4.62. The Morgan fingerprint density at radius 1 is 0.824 bits per heavy atom. The van der Waals surface area contributed by atoms with Crippen molar-refractivity contribution in [3.63, 3.8) is 0 Å². The monoisotopic (exact) mass is 465 g/mol. The number of carbonyl (C=O) groups excluding carboxylic acids is 1. The van der Waals surface area contributed by atoms with Crippen molar-refractivity contribution in [1.29, 1.82) is 0 Å². The molecule has 34 heavy (non-hydrogen) atoms. The van der Waals surface area contributed by atoms with Gasteiger partial charge in [0.05, 0.1) is 13.2 Å². The first kappa shape index (κ1) is 22.3. The molecule has 170 valence electrons. The zero-order valence-corrected chi connectivity index (χ0v) is 20.2. The van der Waals surface area contributed by atoms with Crippen molar-refractivity contribution in [3.05, 3.63) is 131 Å². The Morgan fingerprint density at radius 3 is 2.06 bits per heavy atom. The van der Waals surface area contributed by atoms with Gasteiger partial charge in [-0.05, 0) is 47.9 Å². The highest BCUT2D eigenvalue weighted by Gasteiger charge is 2.63. The predicted octanol–water partition coefficient (Wildman–Crippen LogP) is 6.92. The lowest BCUT2D eigenvalue weighted by Gasteiger charge is -2.56. The topological polar surface area (TPSA) is 29.5 Å². The number of amides is 1. The average molecular weight is 466 g/mol. The van der Waals surface area contributed by atoms with Crippen LogP contribution in [0.3, 0.4) is 0 Å². The molecule has 1 saturated heterocycles. The molecule has 0 unspecified atom stereocenters. The number of nitrogens with zero attached hydrogens (tertiary/aromatic N) is 1. The van der Waals surface area contributed by atoms with Crippen LogP contribution in [0, 0.1) is 6.92 Å². The van der Waals surface area contributed by atoms with E-state index in [4.69, 9.17) is 4.74 Å². The summed E-state index contributed by atoms with van der Waals surface area (Å²) in [4.78, 5) is 16.1. The molecular formula is C30H27NO2S. The van der Waals surface area contributed by atoms with Crippen LogP contribution in [-0.2, 0) is 15.3 Å². The molecule has 0 aliphatic carbocycles. The molecular weight excluding hydrogens is 438 g/mol. The molecule has 0 saturated carbocycles. The van der Waals surface area contributed by atoms with Gasteiger partial charge in [0.25, 0.3) is 5.91 Å². The lowest BCUT2D eigenvalue weighted by molar-refractivity contribution is -0.128. The molecule has 4 aromatic carbocycles. The number of aryl methyl sites for hydroxylation is 1. The van der Waals surface area contributed by atoms with Gasteiger partial charge >= 0.3 is 0 Å². The molecule has 1 aliphatic rings. The quantitative estimate of drug-likeness (QED) is 0.277. The van der Waals surface area contributed by atoms with Crippen LogP contribution in [-0.4, -0.2) is 13.0 Å². The highest BCUT2D eigenvalue weighted by Crippen LogP contribution is 2.60. The fourth-order valence-corrected chi connectivity index (χ4v) is 6.15.